The van der Waals surface area contributed by atoms with Gasteiger partial charge in [0, 0.05) is 31.3 Å². The molecule has 2 amide bonds. The number of carbonyl (C=O) groups excluding carboxylic acids is 2. The van der Waals surface area contributed by atoms with Crippen LogP contribution < -0.4 is 15.0 Å². The van der Waals surface area contributed by atoms with Crippen LogP contribution in [0.5, 0.6) is 11.5 Å². The third-order valence-corrected chi connectivity index (χ3v) is 7.01. The standard InChI is InChI=1S/C32H28N4O3/c1-35(32(38)27-15-9-11-22-10-5-6-14-26(22)27)30-29(36-21-8-7-16-28(36)34-30)31(37)33-23-17-19-25(20-18-23)39-24-12-3-2-4-13-24/h2-6,9-15,17-20H,7-8,16,21H2,1H3,(H,33,37). The molecule has 7 heteroatoms. The van der Waals surface area contributed by atoms with Crippen molar-refractivity contribution < 1.29 is 14.3 Å². The van der Waals surface area contributed by atoms with Crippen molar-refractivity contribution in [3.05, 3.63) is 114 Å². The zero-order chi connectivity index (χ0) is 26.8. The number of aryl methyl sites for hydroxylation is 1. The summed E-state index contributed by atoms with van der Waals surface area (Å²) in [7, 11) is 1.69. The van der Waals surface area contributed by atoms with Crippen molar-refractivity contribution in [2.75, 3.05) is 17.3 Å². The summed E-state index contributed by atoms with van der Waals surface area (Å²) in [6, 6.07) is 30.2. The molecule has 0 bridgehead atoms. The van der Waals surface area contributed by atoms with Crippen LogP contribution in [0, 0.1) is 0 Å². The molecule has 4 aromatic carbocycles. The minimum Gasteiger partial charge on any atom is -0.457 e. The number of aromatic nitrogens is 2. The zero-order valence-corrected chi connectivity index (χ0v) is 21.6. The molecular formula is C32H28N4O3. The molecule has 0 spiro atoms. The van der Waals surface area contributed by atoms with Crippen molar-refractivity contribution in [3.8, 4) is 11.5 Å². The lowest BCUT2D eigenvalue weighted by Gasteiger charge is -2.19. The van der Waals surface area contributed by atoms with Crippen LogP contribution in [0.1, 0.15) is 39.5 Å². The number of ether oxygens (including phenoxy) is 1. The molecule has 194 valence electrons. The second-order valence-electron chi connectivity index (χ2n) is 9.59. The van der Waals surface area contributed by atoms with Crippen LogP contribution in [0.15, 0.2) is 97.1 Å². The van der Waals surface area contributed by atoms with Gasteiger partial charge in [0.2, 0.25) is 0 Å². The van der Waals surface area contributed by atoms with E-state index in [9.17, 15) is 9.59 Å². The topological polar surface area (TPSA) is 76.5 Å². The summed E-state index contributed by atoms with van der Waals surface area (Å²) in [6.07, 6.45) is 2.72. The van der Waals surface area contributed by atoms with E-state index in [2.05, 4.69) is 5.32 Å². The van der Waals surface area contributed by atoms with E-state index in [0.29, 0.717) is 35.1 Å². The molecule has 0 saturated heterocycles. The van der Waals surface area contributed by atoms with E-state index in [-0.39, 0.29) is 11.8 Å². The van der Waals surface area contributed by atoms with Crippen LogP contribution in [-0.2, 0) is 13.0 Å². The first-order valence-electron chi connectivity index (χ1n) is 13.1. The van der Waals surface area contributed by atoms with E-state index in [1.54, 1.807) is 19.2 Å². The number of imidazole rings is 1. The first-order valence-corrected chi connectivity index (χ1v) is 13.1. The SMILES string of the molecule is CN(C(=O)c1cccc2ccccc12)c1nc2n(c1C(=O)Nc1ccc(Oc3ccccc3)cc1)CCCC2. The van der Waals surface area contributed by atoms with E-state index < -0.39 is 0 Å². The van der Waals surface area contributed by atoms with Crippen LogP contribution in [0.25, 0.3) is 10.8 Å². The van der Waals surface area contributed by atoms with Gasteiger partial charge in [0.05, 0.1) is 0 Å². The monoisotopic (exact) mass is 516 g/mol. The summed E-state index contributed by atoms with van der Waals surface area (Å²) >= 11 is 0. The Kier molecular flexibility index (Phi) is 6.55. The van der Waals surface area contributed by atoms with Gasteiger partial charge in [-0.3, -0.25) is 14.5 Å². The number of hydrogen-bond acceptors (Lipinski definition) is 4. The predicted octanol–water partition coefficient (Wildman–Crippen LogP) is 6.69. The molecule has 1 aliphatic heterocycles. The Morgan fingerprint density at radius 1 is 0.846 bits per heavy atom. The highest BCUT2D eigenvalue weighted by Crippen LogP contribution is 2.29. The highest BCUT2D eigenvalue weighted by atomic mass is 16.5. The third-order valence-electron chi connectivity index (χ3n) is 7.01. The fraction of sp³-hybridized carbons (Fsp3) is 0.156. The molecule has 1 N–H and O–H groups in total. The Morgan fingerprint density at radius 3 is 2.38 bits per heavy atom. The summed E-state index contributed by atoms with van der Waals surface area (Å²) in [6.45, 7) is 0.686. The Hall–Kier alpha value is -4.91. The van der Waals surface area contributed by atoms with Crippen molar-refractivity contribution in [1.82, 2.24) is 9.55 Å². The van der Waals surface area contributed by atoms with Crippen LogP contribution in [0.3, 0.4) is 0 Å². The lowest BCUT2D eigenvalue weighted by molar-refractivity contribution is 0.0993. The highest BCUT2D eigenvalue weighted by Gasteiger charge is 2.30. The number of hydrogen-bond donors (Lipinski definition) is 1. The van der Waals surface area contributed by atoms with Crippen molar-refractivity contribution in [2.45, 2.75) is 25.8 Å². The molecule has 39 heavy (non-hydrogen) atoms. The van der Waals surface area contributed by atoms with Crippen molar-refractivity contribution in [2.24, 2.45) is 0 Å². The van der Waals surface area contributed by atoms with Gasteiger partial charge < -0.3 is 14.6 Å². The average molecular weight is 517 g/mol. The Bertz CT molecular complexity index is 1650. The summed E-state index contributed by atoms with van der Waals surface area (Å²) in [5.41, 5.74) is 1.59. The Morgan fingerprint density at radius 2 is 1.56 bits per heavy atom. The van der Waals surface area contributed by atoms with Crippen LogP contribution in [0.4, 0.5) is 11.5 Å². The number of amides is 2. The first kappa shape index (κ1) is 24.4. The number of nitrogens with one attached hydrogen (secondary N) is 1. The number of fused-ring (bicyclic) bond motifs is 2. The van der Waals surface area contributed by atoms with E-state index >= 15 is 0 Å². The summed E-state index contributed by atoms with van der Waals surface area (Å²) < 4.78 is 7.82. The molecule has 2 heterocycles. The van der Waals surface area contributed by atoms with Gasteiger partial charge in [-0.1, -0.05) is 54.6 Å². The maximum absolute atomic E-state index is 13.7. The van der Waals surface area contributed by atoms with Gasteiger partial charge in [0.15, 0.2) is 11.5 Å². The largest absolute Gasteiger partial charge is 0.457 e. The van der Waals surface area contributed by atoms with E-state index in [4.69, 9.17) is 9.72 Å². The third kappa shape index (κ3) is 4.86. The van der Waals surface area contributed by atoms with E-state index in [0.717, 1.165) is 41.6 Å². The lowest BCUT2D eigenvalue weighted by Crippen LogP contribution is -2.30. The number of nitrogens with zero attached hydrogens (tertiary/aromatic N) is 3. The molecule has 7 nitrogen and oxygen atoms in total. The Balaban J connectivity index is 1.29. The minimum atomic E-state index is -0.306. The molecule has 0 atom stereocenters. The second kappa shape index (κ2) is 10.5. The van der Waals surface area contributed by atoms with Crippen molar-refractivity contribution in [3.63, 3.8) is 0 Å². The maximum atomic E-state index is 13.7. The fourth-order valence-electron chi connectivity index (χ4n) is 5.04. The highest BCUT2D eigenvalue weighted by molar-refractivity contribution is 6.16. The van der Waals surface area contributed by atoms with Crippen LogP contribution in [0.2, 0.25) is 0 Å². The lowest BCUT2D eigenvalue weighted by atomic mass is 10.0. The number of rotatable bonds is 6. The Labute approximate surface area is 226 Å². The van der Waals surface area contributed by atoms with E-state index in [1.165, 1.54) is 4.90 Å². The van der Waals surface area contributed by atoms with Gasteiger partial charge in [-0.2, -0.15) is 0 Å². The van der Waals surface area contributed by atoms with Gasteiger partial charge in [-0.05, 0) is 66.1 Å². The zero-order valence-electron chi connectivity index (χ0n) is 21.6. The van der Waals surface area contributed by atoms with Crippen LogP contribution in [-0.4, -0.2) is 28.4 Å². The predicted molar refractivity (Wildman–Crippen MR) is 153 cm³/mol. The second-order valence-corrected chi connectivity index (χ2v) is 9.59. The molecular weight excluding hydrogens is 488 g/mol. The molecule has 0 saturated carbocycles. The van der Waals surface area contributed by atoms with Gasteiger partial charge >= 0.3 is 0 Å². The first-order chi connectivity index (χ1) is 19.1. The van der Waals surface area contributed by atoms with Crippen molar-refractivity contribution >= 4 is 34.1 Å². The van der Waals surface area contributed by atoms with Crippen molar-refractivity contribution in [1.29, 1.82) is 0 Å². The summed E-state index contributed by atoms with van der Waals surface area (Å²) in [4.78, 5) is 33.7. The number of carbonyl (C=O) groups is 2. The fourth-order valence-corrected chi connectivity index (χ4v) is 5.04. The maximum Gasteiger partial charge on any atom is 0.276 e. The van der Waals surface area contributed by atoms with Gasteiger partial charge in [0.1, 0.15) is 17.3 Å². The molecule has 5 aromatic rings. The molecule has 0 fully saturated rings. The number of benzene rings is 4. The quantitative estimate of drug-likeness (QED) is 0.273. The van der Waals surface area contributed by atoms with Gasteiger partial charge in [-0.25, -0.2) is 4.98 Å². The summed E-state index contributed by atoms with van der Waals surface area (Å²) in [5, 5.41) is 4.85. The minimum absolute atomic E-state index is 0.210. The number of para-hydroxylation sites is 1. The molecule has 0 unspecified atom stereocenters. The molecule has 0 radical (unpaired) electrons. The molecule has 0 aliphatic carbocycles. The smallest absolute Gasteiger partial charge is 0.276 e. The van der Waals surface area contributed by atoms with E-state index in [1.807, 2.05) is 89.5 Å². The molecule has 6 rings (SSSR count). The molecule has 1 aliphatic rings. The summed E-state index contributed by atoms with van der Waals surface area (Å²) in [5.74, 6) is 2.08. The van der Waals surface area contributed by atoms with Gasteiger partial charge in [0.25, 0.3) is 11.8 Å². The van der Waals surface area contributed by atoms with Gasteiger partial charge in [-0.15, -0.1) is 0 Å². The molecule has 1 aromatic heterocycles. The number of anilines is 2. The van der Waals surface area contributed by atoms with Crippen LogP contribution >= 0.6 is 0 Å². The average Bonchev–Trinajstić information content (AvgIpc) is 3.37. The normalized spacial score (nSPS) is 12.5.